The van der Waals surface area contributed by atoms with Gasteiger partial charge in [-0.15, -0.1) is 0 Å². The summed E-state index contributed by atoms with van der Waals surface area (Å²) < 4.78 is 8.65. The lowest BCUT2D eigenvalue weighted by Gasteiger charge is -2.41. The Balaban J connectivity index is 1.99. The minimum atomic E-state index is -0.0490. The second kappa shape index (κ2) is 4.09. The maximum absolute atomic E-state index is 6.28. The van der Waals surface area contributed by atoms with Gasteiger partial charge in [-0.2, -0.15) is 0 Å². The molecule has 1 saturated heterocycles. The van der Waals surface area contributed by atoms with Gasteiger partial charge in [-0.3, -0.25) is 0 Å². The van der Waals surface area contributed by atoms with Gasteiger partial charge in [0.25, 0.3) is 0 Å². The fourth-order valence-corrected chi connectivity index (χ4v) is 3.93. The summed E-state index contributed by atoms with van der Waals surface area (Å²) in [5.41, 5.74) is 4.25. The number of piperidine rings is 1. The van der Waals surface area contributed by atoms with E-state index in [2.05, 4.69) is 41.2 Å². The van der Waals surface area contributed by atoms with Crippen molar-refractivity contribution < 1.29 is 4.74 Å². The first-order valence-electron chi connectivity index (χ1n) is 7.23. The van der Waals surface area contributed by atoms with Crippen molar-refractivity contribution in [2.24, 2.45) is 7.05 Å². The summed E-state index contributed by atoms with van der Waals surface area (Å²) in [6.45, 7) is 2.98. The third-order valence-electron chi connectivity index (χ3n) is 4.78. The van der Waals surface area contributed by atoms with Crippen molar-refractivity contribution in [1.82, 2.24) is 9.88 Å². The fourth-order valence-electron chi connectivity index (χ4n) is 3.93. The Labute approximate surface area is 113 Å². The van der Waals surface area contributed by atoms with Crippen LogP contribution in [0.3, 0.4) is 0 Å². The number of aromatic nitrogens is 1. The van der Waals surface area contributed by atoms with E-state index in [9.17, 15) is 0 Å². The SMILES string of the molecule is Cn1c2c(c3ccccc31)CCOC21CCNCC1. The summed E-state index contributed by atoms with van der Waals surface area (Å²) in [4.78, 5) is 0. The molecule has 3 nitrogen and oxygen atoms in total. The van der Waals surface area contributed by atoms with Gasteiger partial charge in [-0.25, -0.2) is 0 Å². The zero-order chi connectivity index (χ0) is 12.9. The molecular weight excluding hydrogens is 236 g/mol. The molecule has 100 valence electrons. The molecule has 3 heteroatoms. The first-order chi connectivity index (χ1) is 9.32. The number of nitrogens with one attached hydrogen (secondary N) is 1. The minimum Gasteiger partial charge on any atom is -0.368 e. The lowest BCUT2D eigenvalue weighted by Crippen LogP contribution is -2.45. The molecule has 2 aromatic rings. The van der Waals surface area contributed by atoms with Crippen LogP contribution in [-0.4, -0.2) is 24.3 Å². The van der Waals surface area contributed by atoms with Crippen LogP contribution >= 0.6 is 0 Å². The normalized spacial score (nSPS) is 21.7. The van der Waals surface area contributed by atoms with E-state index < -0.39 is 0 Å². The van der Waals surface area contributed by atoms with Crippen LogP contribution < -0.4 is 5.32 Å². The Kier molecular flexibility index (Phi) is 2.47. The molecule has 2 aliphatic rings. The summed E-state index contributed by atoms with van der Waals surface area (Å²) in [6, 6.07) is 8.76. The van der Waals surface area contributed by atoms with Crippen molar-refractivity contribution >= 4 is 10.9 Å². The third kappa shape index (κ3) is 1.52. The molecule has 0 saturated carbocycles. The number of fused-ring (bicyclic) bond motifs is 4. The van der Waals surface area contributed by atoms with Crippen LogP contribution in [0.4, 0.5) is 0 Å². The standard InChI is InChI=1S/C16H20N2O/c1-18-14-5-3-2-4-12(14)13-6-11-19-16(15(13)18)7-9-17-10-8-16/h2-5,17H,6-11H2,1H3. The number of nitrogens with zero attached hydrogens (tertiary/aromatic N) is 1. The Morgan fingerprint density at radius 1 is 1.21 bits per heavy atom. The highest BCUT2D eigenvalue weighted by atomic mass is 16.5. The van der Waals surface area contributed by atoms with Gasteiger partial charge < -0.3 is 14.6 Å². The molecule has 1 aromatic carbocycles. The number of ether oxygens (including phenoxy) is 1. The molecular formula is C16H20N2O. The van der Waals surface area contributed by atoms with E-state index in [1.54, 1.807) is 0 Å². The van der Waals surface area contributed by atoms with E-state index in [1.165, 1.54) is 22.2 Å². The maximum atomic E-state index is 6.28. The topological polar surface area (TPSA) is 26.2 Å². The quantitative estimate of drug-likeness (QED) is 0.783. The Bertz CT molecular complexity index is 623. The molecule has 2 aliphatic heterocycles. The van der Waals surface area contributed by atoms with Gasteiger partial charge in [0.2, 0.25) is 0 Å². The smallest absolute Gasteiger partial charge is 0.111 e. The molecule has 0 amide bonds. The molecule has 0 aliphatic carbocycles. The molecule has 4 rings (SSSR count). The lowest BCUT2D eigenvalue weighted by atomic mass is 9.83. The lowest BCUT2D eigenvalue weighted by molar-refractivity contribution is -0.0847. The van der Waals surface area contributed by atoms with Crippen LogP contribution in [0, 0.1) is 0 Å². The average Bonchev–Trinajstić information content (AvgIpc) is 2.76. The van der Waals surface area contributed by atoms with E-state index in [0.717, 1.165) is 39.0 Å². The predicted molar refractivity (Wildman–Crippen MR) is 76.4 cm³/mol. The van der Waals surface area contributed by atoms with Crippen molar-refractivity contribution in [1.29, 1.82) is 0 Å². The number of para-hydroxylation sites is 1. The van der Waals surface area contributed by atoms with Crippen molar-refractivity contribution in [2.75, 3.05) is 19.7 Å². The Morgan fingerprint density at radius 3 is 2.84 bits per heavy atom. The third-order valence-corrected chi connectivity index (χ3v) is 4.78. The maximum Gasteiger partial charge on any atom is 0.111 e. The highest BCUT2D eigenvalue weighted by Crippen LogP contribution is 2.43. The number of aryl methyl sites for hydroxylation is 1. The van der Waals surface area contributed by atoms with Crippen LogP contribution in [0.5, 0.6) is 0 Å². The van der Waals surface area contributed by atoms with Gasteiger partial charge in [0, 0.05) is 18.0 Å². The van der Waals surface area contributed by atoms with Crippen molar-refractivity contribution in [3.63, 3.8) is 0 Å². The number of benzene rings is 1. The minimum absolute atomic E-state index is 0.0490. The second-order valence-electron chi connectivity index (χ2n) is 5.75. The van der Waals surface area contributed by atoms with Gasteiger partial charge in [0.05, 0.1) is 12.3 Å². The number of hydrogen-bond acceptors (Lipinski definition) is 2. The second-order valence-corrected chi connectivity index (χ2v) is 5.75. The van der Waals surface area contributed by atoms with Crippen molar-refractivity contribution in [3.05, 3.63) is 35.5 Å². The summed E-state index contributed by atoms with van der Waals surface area (Å²) in [6.07, 6.45) is 3.22. The first-order valence-corrected chi connectivity index (χ1v) is 7.23. The number of hydrogen-bond donors (Lipinski definition) is 1. The molecule has 3 heterocycles. The van der Waals surface area contributed by atoms with Crippen LogP contribution in [0.25, 0.3) is 10.9 Å². The van der Waals surface area contributed by atoms with Gasteiger partial charge in [-0.1, -0.05) is 18.2 Å². The summed E-state index contributed by atoms with van der Waals surface area (Å²) in [5, 5.41) is 4.87. The summed E-state index contributed by atoms with van der Waals surface area (Å²) >= 11 is 0. The van der Waals surface area contributed by atoms with E-state index >= 15 is 0 Å². The van der Waals surface area contributed by atoms with E-state index in [4.69, 9.17) is 4.74 Å². The van der Waals surface area contributed by atoms with Crippen LogP contribution in [0.15, 0.2) is 24.3 Å². The highest BCUT2D eigenvalue weighted by Gasteiger charge is 2.42. The monoisotopic (exact) mass is 256 g/mol. The molecule has 19 heavy (non-hydrogen) atoms. The van der Waals surface area contributed by atoms with Gasteiger partial charge in [0.15, 0.2) is 0 Å². The summed E-state index contributed by atoms with van der Waals surface area (Å²) in [5.74, 6) is 0. The first kappa shape index (κ1) is 11.5. The van der Waals surface area contributed by atoms with E-state index in [1.807, 2.05) is 0 Å². The molecule has 0 unspecified atom stereocenters. The van der Waals surface area contributed by atoms with Crippen LogP contribution in [0.1, 0.15) is 24.1 Å². The van der Waals surface area contributed by atoms with E-state index in [-0.39, 0.29) is 5.60 Å². The van der Waals surface area contributed by atoms with Crippen molar-refractivity contribution in [3.8, 4) is 0 Å². The molecule has 1 spiro atoms. The average molecular weight is 256 g/mol. The Hall–Kier alpha value is -1.32. The molecule has 0 bridgehead atoms. The van der Waals surface area contributed by atoms with Gasteiger partial charge >= 0.3 is 0 Å². The van der Waals surface area contributed by atoms with Crippen LogP contribution in [-0.2, 0) is 23.8 Å². The molecule has 1 fully saturated rings. The molecule has 0 radical (unpaired) electrons. The Morgan fingerprint density at radius 2 is 2.00 bits per heavy atom. The highest BCUT2D eigenvalue weighted by molar-refractivity contribution is 5.86. The number of rotatable bonds is 0. The predicted octanol–water partition coefficient (Wildman–Crippen LogP) is 2.33. The zero-order valence-electron chi connectivity index (χ0n) is 11.4. The molecule has 1 aromatic heterocycles. The molecule has 0 atom stereocenters. The van der Waals surface area contributed by atoms with E-state index in [0.29, 0.717) is 0 Å². The molecule has 1 N–H and O–H groups in total. The summed E-state index contributed by atoms with van der Waals surface area (Å²) in [7, 11) is 2.19. The zero-order valence-corrected chi connectivity index (χ0v) is 11.4. The largest absolute Gasteiger partial charge is 0.368 e. The van der Waals surface area contributed by atoms with Gasteiger partial charge in [-0.05, 0) is 44.0 Å². The van der Waals surface area contributed by atoms with Crippen LogP contribution in [0.2, 0.25) is 0 Å². The van der Waals surface area contributed by atoms with Gasteiger partial charge in [0.1, 0.15) is 5.60 Å². The van der Waals surface area contributed by atoms with Crippen molar-refractivity contribution in [2.45, 2.75) is 24.9 Å². The fraction of sp³-hybridized carbons (Fsp3) is 0.500.